The molecule has 1 N–H and O–H groups in total. The molecule has 0 aliphatic carbocycles. The number of aldehydes is 2. The third kappa shape index (κ3) is 9.23. The Bertz CT molecular complexity index is 653. The van der Waals surface area contributed by atoms with Crippen molar-refractivity contribution in [3.05, 3.63) is 52.9 Å². The van der Waals surface area contributed by atoms with E-state index in [0.717, 1.165) is 35.8 Å². The molecule has 0 heterocycles. The third-order valence-electron chi connectivity index (χ3n) is 3.97. The second-order valence-electron chi connectivity index (χ2n) is 7.61. The summed E-state index contributed by atoms with van der Waals surface area (Å²) in [4.78, 5) is 20.2. The molecule has 1 aromatic carbocycles. The fourth-order valence-corrected chi connectivity index (χ4v) is 3.31. The van der Waals surface area contributed by atoms with Crippen LogP contribution in [-0.2, 0) is 9.59 Å². The molecule has 0 fully saturated rings. The smallest absolute Gasteiger partial charge is 0.185 e. The Labute approximate surface area is 164 Å². The Kier molecular flexibility index (Phi) is 11.0. The molecule has 27 heavy (non-hydrogen) atoms. The number of rotatable bonds is 8. The van der Waals surface area contributed by atoms with E-state index in [4.69, 9.17) is 9.53 Å². The normalized spacial score (nSPS) is 12.6. The van der Waals surface area contributed by atoms with Crippen LogP contribution in [0, 0.1) is 18.3 Å². The average Bonchev–Trinajstić information content (AvgIpc) is 2.56. The molecule has 0 aromatic heterocycles. The summed E-state index contributed by atoms with van der Waals surface area (Å²) in [6.45, 7) is 14.4. The number of nitrogens with one attached hydrogen (secondary N) is 1. The second-order valence-corrected chi connectivity index (χ2v) is 7.61. The van der Waals surface area contributed by atoms with Gasteiger partial charge in [0.15, 0.2) is 12.0 Å². The van der Waals surface area contributed by atoms with Crippen LogP contribution in [0.15, 0.2) is 47.4 Å². The van der Waals surface area contributed by atoms with Crippen molar-refractivity contribution in [1.82, 2.24) is 5.32 Å². The second kappa shape index (κ2) is 12.1. The minimum atomic E-state index is 0.00134. The van der Waals surface area contributed by atoms with Crippen LogP contribution in [0.25, 0.3) is 0 Å². The fourth-order valence-electron chi connectivity index (χ4n) is 3.31. The van der Waals surface area contributed by atoms with Gasteiger partial charge < -0.3 is 14.8 Å². The summed E-state index contributed by atoms with van der Waals surface area (Å²) in [5.41, 5.74) is 3.30. The van der Waals surface area contributed by atoms with E-state index in [-0.39, 0.29) is 5.41 Å². The quantitative estimate of drug-likeness (QED) is 0.293. The van der Waals surface area contributed by atoms with Gasteiger partial charge in [0, 0.05) is 18.2 Å². The third-order valence-corrected chi connectivity index (χ3v) is 3.97. The maximum absolute atomic E-state index is 11.4. The van der Waals surface area contributed by atoms with Gasteiger partial charge >= 0.3 is 0 Å². The van der Waals surface area contributed by atoms with E-state index in [1.165, 1.54) is 6.92 Å². The predicted octanol–water partition coefficient (Wildman–Crippen LogP) is 5.23. The first-order valence-electron chi connectivity index (χ1n) is 9.31. The highest BCUT2D eigenvalue weighted by Gasteiger charge is 2.25. The van der Waals surface area contributed by atoms with E-state index in [1.807, 2.05) is 45.2 Å². The topological polar surface area (TPSA) is 55.4 Å². The van der Waals surface area contributed by atoms with Crippen LogP contribution in [0.3, 0.4) is 0 Å². The number of hydrogen-bond donors (Lipinski definition) is 1. The van der Waals surface area contributed by atoms with Gasteiger partial charge in [-0.25, -0.2) is 0 Å². The van der Waals surface area contributed by atoms with Gasteiger partial charge in [-0.1, -0.05) is 45.4 Å². The standard InChI is InChI=1S/C21H31NO2.C2H4O/c1-15(2)13-21(5,6)20(22-7)17(4)12-19(14-23)24-18-10-8-16(3)9-11-18;1-2-3/h8-12,14-15,22H,13H2,1-7H3;2H,1H3/b19-12+,20-17-;. The lowest BCUT2D eigenvalue weighted by Gasteiger charge is -2.31. The van der Waals surface area contributed by atoms with Crippen LogP contribution >= 0.6 is 0 Å². The largest absolute Gasteiger partial charge is 0.454 e. The highest BCUT2D eigenvalue weighted by Crippen LogP contribution is 2.34. The highest BCUT2D eigenvalue weighted by molar-refractivity contribution is 5.72. The molecule has 4 nitrogen and oxygen atoms in total. The molecular weight excluding hydrogens is 338 g/mol. The zero-order chi connectivity index (χ0) is 21.0. The van der Waals surface area contributed by atoms with Crippen molar-refractivity contribution in [3.8, 4) is 5.75 Å². The molecule has 0 aliphatic heterocycles. The summed E-state index contributed by atoms with van der Waals surface area (Å²) in [5.74, 6) is 1.57. The Hall–Kier alpha value is -2.36. The lowest BCUT2D eigenvalue weighted by molar-refractivity contribution is -0.107. The molecule has 150 valence electrons. The number of ether oxygens (including phenoxy) is 1. The lowest BCUT2D eigenvalue weighted by Crippen LogP contribution is -2.27. The number of aryl methyl sites for hydroxylation is 1. The van der Waals surface area contributed by atoms with Crippen LogP contribution in [0.5, 0.6) is 5.75 Å². The summed E-state index contributed by atoms with van der Waals surface area (Å²) < 4.78 is 5.71. The summed E-state index contributed by atoms with van der Waals surface area (Å²) in [5, 5.41) is 3.31. The van der Waals surface area contributed by atoms with Crippen molar-refractivity contribution < 1.29 is 14.3 Å². The Morgan fingerprint density at radius 1 is 1.19 bits per heavy atom. The van der Waals surface area contributed by atoms with Crippen LogP contribution < -0.4 is 10.1 Å². The van der Waals surface area contributed by atoms with Gasteiger partial charge in [0.25, 0.3) is 0 Å². The molecule has 0 aliphatic rings. The lowest BCUT2D eigenvalue weighted by atomic mass is 9.79. The number of hydrogen-bond acceptors (Lipinski definition) is 4. The van der Waals surface area contributed by atoms with Crippen molar-refractivity contribution >= 4 is 12.6 Å². The van der Waals surface area contributed by atoms with Gasteiger partial charge in [0.1, 0.15) is 12.0 Å². The Morgan fingerprint density at radius 2 is 1.70 bits per heavy atom. The van der Waals surface area contributed by atoms with Crippen molar-refractivity contribution in [2.45, 2.75) is 54.9 Å². The summed E-state index contributed by atoms with van der Waals surface area (Å²) >= 11 is 0. The van der Waals surface area contributed by atoms with E-state index < -0.39 is 0 Å². The highest BCUT2D eigenvalue weighted by atomic mass is 16.5. The molecular formula is C23H35NO3. The maximum atomic E-state index is 11.4. The molecule has 0 bridgehead atoms. The van der Waals surface area contributed by atoms with Crippen LogP contribution in [0.4, 0.5) is 0 Å². The molecule has 0 spiro atoms. The maximum Gasteiger partial charge on any atom is 0.185 e. The fraction of sp³-hybridized carbons (Fsp3) is 0.478. The number of benzene rings is 1. The molecule has 1 aromatic rings. The number of carbonyl (C=O) groups excluding carboxylic acids is 2. The van der Waals surface area contributed by atoms with Gasteiger partial charge in [0.2, 0.25) is 0 Å². The summed E-state index contributed by atoms with van der Waals surface area (Å²) in [7, 11) is 1.93. The predicted molar refractivity (Wildman–Crippen MR) is 113 cm³/mol. The zero-order valence-electron chi connectivity index (χ0n) is 18.1. The summed E-state index contributed by atoms with van der Waals surface area (Å²) in [6, 6.07) is 7.66. The monoisotopic (exact) mass is 373 g/mol. The van der Waals surface area contributed by atoms with E-state index in [0.29, 0.717) is 17.4 Å². The van der Waals surface area contributed by atoms with Crippen molar-refractivity contribution in [3.63, 3.8) is 0 Å². The van der Waals surface area contributed by atoms with Gasteiger partial charge in [-0.15, -0.1) is 0 Å². The number of allylic oxidation sites excluding steroid dienone is 4. The molecule has 1 rings (SSSR count). The molecule has 0 saturated carbocycles. The van der Waals surface area contributed by atoms with Crippen LogP contribution in [-0.4, -0.2) is 19.6 Å². The molecule has 4 heteroatoms. The summed E-state index contributed by atoms with van der Waals surface area (Å²) in [6.07, 6.45) is 4.37. The SMILES string of the molecule is CC=O.CN/C(=C(C)\C=C(/C=O)Oc1ccc(C)cc1)C(C)(C)CC(C)C. The molecule has 0 unspecified atom stereocenters. The molecule has 0 radical (unpaired) electrons. The zero-order valence-corrected chi connectivity index (χ0v) is 18.1. The van der Waals surface area contributed by atoms with E-state index >= 15 is 0 Å². The number of carbonyl (C=O) groups is 2. The first kappa shape index (κ1) is 24.6. The molecule has 0 amide bonds. The average molecular weight is 374 g/mol. The van der Waals surface area contributed by atoms with Gasteiger partial charge in [-0.05, 0) is 56.9 Å². The van der Waals surface area contributed by atoms with Crippen molar-refractivity contribution in [2.75, 3.05) is 7.05 Å². The first-order chi connectivity index (χ1) is 12.6. The molecule has 0 atom stereocenters. The van der Waals surface area contributed by atoms with Crippen molar-refractivity contribution in [2.24, 2.45) is 11.3 Å². The van der Waals surface area contributed by atoms with Crippen molar-refractivity contribution in [1.29, 1.82) is 0 Å². The minimum absolute atomic E-state index is 0.00134. The van der Waals surface area contributed by atoms with E-state index in [9.17, 15) is 4.79 Å². The Morgan fingerprint density at radius 3 is 2.11 bits per heavy atom. The van der Waals surface area contributed by atoms with Crippen LogP contribution in [0.2, 0.25) is 0 Å². The van der Waals surface area contributed by atoms with Gasteiger partial charge in [0.05, 0.1) is 0 Å². The van der Waals surface area contributed by atoms with E-state index in [2.05, 4.69) is 33.0 Å². The first-order valence-corrected chi connectivity index (χ1v) is 9.31. The van der Waals surface area contributed by atoms with E-state index in [1.54, 1.807) is 6.08 Å². The van der Waals surface area contributed by atoms with Gasteiger partial charge in [-0.2, -0.15) is 0 Å². The van der Waals surface area contributed by atoms with Gasteiger partial charge in [-0.3, -0.25) is 4.79 Å². The minimum Gasteiger partial charge on any atom is -0.454 e. The Balaban J connectivity index is 0.00000210. The molecule has 0 saturated heterocycles. The van der Waals surface area contributed by atoms with Crippen LogP contribution in [0.1, 0.15) is 53.5 Å².